The van der Waals surface area contributed by atoms with Crippen molar-refractivity contribution in [3.05, 3.63) is 0 Å². The summed E-state index contributed by atoms with van der Waals surface area (Å²) in [5.41, 5.74) is -0.244. The second-order valence-electron chi connectivity index (χ2n) is 7.72. The number of amides is 1. The van der Waals surface area contributed by atoms with Gasteiger partial charge in [-0.1, -0.05) is 92.4 Å². The van der Waals surface area contributed by atoms with Crippen molar-refractivity contribution in [2.75, 3.05) is 13.1 Å². The van der Waals surface area contributed by atoms with Gasteiger partial charge in [-0.3, -0.25) is 4.79 Å². The molecule has 0 bridgehead atoms. The zero-order valence-electron chi connectivity index (χ0n) is 16.0. The van der Waals surface area contributed by atoms with E-state index < -0.39 is 0 Å². The van der Waals surface area contributed by atoms with Crippen LogP contribution in [0, 0.1) is 5.41 Å². The molecular formula is C20H41NO. The zero-order chi connectivity index (χ0) is 16.8. The summed E-state index contributed by atoms with van der Waals surface area (Å²) in [4.78, 5) is 14.7. The molecule has 0 aliphatic heterocycles. The van der Waals surface area contributed by atoms with Crippen LogP contribution < -0.4 is 0 Å². The lowest BCUT2D eigenvalue weighted by Crippen LogP contribution is -2.40. The molecule has 1 amide bonds. The topological polar surface area (TPSA) is 20.3 Å². The Morgan fingerprint density at radius 2 is 1.05 bits per heavy atom. The summed E-state index contributed by atoms with van der Waals surface area (Å²) >= 11 is 0. The predicted octanol–water partition coefficient (Wildman–Crippen LogP) is 6.19. The maximum atomic E-state index is 12.6. The lowest BCUT2D eigenvalue weighted by atomic mass is 9.94. The summed E-state index contributed by atoms with van der Waals surface area (Å²) in [7, 11) is 0. The van der Waals surface area contributed by atoms with Gasteiger partial charge in [-0.05, 0) is 12.8 Å². The number of nitrogens with zero attached hydrogens (tertiary/aromatic N) is 1. The van der Waals surface area contributed by atoms with Crippen LogP contribution in [0.1, 0.15) is 105 Å². The van der Waals surface area contributed by atoms with E-state index in [0.29, 0.717) is 5.91 Å². The average molecular weight is 312 g/mol. The van der Waals surface area contributed by atoms with Gasteiger partial charge in [0.1, 0.15) is 0 Å². The minimum absolute atomic E-state index is 0.244. The fourth-order valence-electron chi connectivity index (χ4n) is 2.78. The lowest BCUT2D eigenvalue weighted by molar-refractivity contribution is -0.139. The van der Waals surface area contributed by atoms with Crippen molar-refractivity contribution in [3.63, 3.8) is 0 Å². The third kappa shape index (κ3) is 11.1. The highest BCUT2D eigenvalue weighted by Crippen LogP contribution is 2.19. The zero-order valence-corrected chi connectivity index (χ0v) is 16.0. The standard InChI is InChI=1S/C20H41NO/c1-6-8-10-12-14-16-18-21(19(22)20(3,4)5)17-15-13-11-9-7-2/h6-18H2,1-5H3. The largest absolute Gasteiger partial charge is 0.342 e. The molecule has 0 heterocycles. The maximum Gasteiger partial charge on any atom is 0.227 e. The van der Waals surface area contributed by atoms with Gasteiger partial charge in [0.2, 0.25) is 5.91 Å². The van der Waals surface area contributed by atoms with Crippen LogP contribution in [-0.4, -0.2) is 23.9 Å². The van der Waals surface area contributed by atoms with E-state index in [1.165, 1.54) is 64.2 Å². The van der Waals surface area contributed by atoms with E-state index in [4.69, 9.17) is 0 Å². The van der Waals surface area contributed by atoms with Crippen LogP contribution in [0.5, 0.6) is 0 Å². The van der Waals surface area contributed by atoms with Gasteiger partial charge < -0.3 is 4.90 Å². The van der Waals surface area contributed by atoms with E-state index >= 15 is 0 Å². The summed E-state index contributed by atoms with van der Waals surface area (Å²) < 4.78 is 0. The Labute approximate surface area is 140 Å². The number of hydrogen-bond acceptors (Lipinski definition) is 1. The number of carbonyl (C=O) groups excluding carboxylic acids is 1. The Kier molecular flexibility index (Phi) is 12.6. The first-order chi connectivity index (χ1) is 10.4. The summed E-state index contributed by atoms with van der Waals surface area (Å²) in [6.45, 7) is 12.5. The molecule has 0 saturated heterocycles. The molecule has 0 saturated carbocycles. The van der Waals surface area contributed by atoms with Crippen molar-refractivity contribution < 1.29 is 4.79 Å². The van der Waals surface area contributed by atoms with Gasteiger partial charge >= 0.3 is 0 Å². The Bertz CT molecular complexity index is 267. The molecule has 0 N–H and O–H groups in total. The molecule has 0 aromatic rings. The molecule has 0 radical (unpaired) electrons. The molecule has 0 aromatic heterocycles. The average Bonchev–Trinajstić information content (AvgIpc) is 2.46. The fraction of sp³-hybridized carbons (Fsp3) is 0.950. The van der Waals surface area contributed by atoms with Gasteiger partial charge in [-0.15, -0.1) is 0 Å². The second-order valence-corrected chi connectivity index (χ2v) is 7.72. The normalized spacial score (nSPS) is 11.7. The first-order valence-corrected chi connectivity index (χ1v) is 9.72. The van der Waals surface area contributed by atoms with Gasteiger partial charge in [-0.25, -0.2) is 0 Å². The van der Waals surface area contributed by atoms with Gasteiger partial charge in [0.25, 0.3) is 0 Å². The SMILES string of the molecule is CCCCCCCCN(CCCCCCC)C(=O)C(C)(C)C. The molecule has 0 aliphatic carbocycles. The van der Waals surface area contributed by atoms with Crippen LogP contribution in [0.15, 0.2) is 0 Å². The highest BCUT2D eigenvalue weighted by Gasteiger charge is 2.26. The molecule has 0 aromatic carbocycles. The van der Waals surface area contributed by atoms with Crippen molar-refractivity contribution in [2.45, 2.75) is 105 Å². The number of carbonyl (C=O) groups is 1. The molecule has 0 aliphatic rings. The fourth-order valence-corrected chi connectivity index (χ4v) is 2.78. The second kappa shape index (κ2) is 13.0. The van der Waals surface area contributed by atoms with Crippen molar-refractivity contribution >= 4 is 5.91 Å². The van der Waals surface area contributed by atoms with E-state index in [2.05, 4.69) is 18.7 Å². The Morgan fingerprint density at radius 1 is 0.682 bits per heavy atom. The molecule has 0 atom stereocenters. The number of unbranched alkanes of at least 4 members (excludes halogenated alkanes) is 9. The summed E-state index contributed by atoms with van der Waals surface area (Å²) in [6, 6.07) is 0. The Balaban J connectivity index is 4.09. The first-order valence-electron chi connectivity index (χ1n) is 9.72. The van der Waals surface area contributed by atoms with E-state index in [-0.39, 0.29) is 5.41 Å². The van der Waals surface area contributed by atoms with Crippen LogP contribution in [0.2, 0.25) is 0 Å². The van der Waals surface area contributed by atoms with E-state index in [1.54, 1.807) is 0 Å². The smallest absolute Gasteiger partial charge is 0.227 e. The van der Waals surface area contributed by atoms with Gasteiger partial charge in [0, 0.05) is 18.5 Å². The van der Waals surface area contributed by atoms with Crippen LogP contribution in [0.4, 0.5) is 0 Å². The van der Waals surface area contributed by atoms with Gasteiger partial charge in [0.15, 0.2) is 0 Å². The first kappa shape index (κ1) is 21.5. The van der Waals surface area contributed by atoms with Crippen molar-refractivity contribution in [1.29, 1.82) is 0 Å². The number of hydrogen-bond donors (Lipinski definition) is 0. The van der Waals surface area contributed by atoms with Crippen molar-refractivity contribution in [3.8, 4) is 0 Å². The molecule has 0 fully saturated rings. The summed E-state index contributed by atoms with van der Waals surface area (Å²) in [5, 5.41) is 0. The molecule has 132 valence electrons. The van der Waals surface area contributed by atoms with E-state index in [0.717, 1.165) is 19.5 Å². The Hall–Kier alpha value is -0.530. The lowest BCUT2D eigenvalue weighted by Gasteiger charge is -2.29. The minimum Gasteiger partial charge on any atom is -0.342 e. The molecule has 0 rings (SSSR count). The van der Waals surface area contributed by atoms with Crippen molar-refractivity contribution in [1.82, 2.24) is 4.90 Å². The molecule has 0 unspecified atom stereocenters. The summed E-state index contributed by atoms with van der Waals surface area (Å²) in [6.07, 6.45) is 14.1. The quantitative estimate of drug-likeness (QED) is 0.371. The number of rotatable bonds is 13. The summed E-state index contributed by atoms with van der Waals surface area (Å²) in [5.74, 6) is 0.330. The highest BCUT2D eigenvalue weighted by atomic mass is 16.2. The minimum atomic E-state index is -0.244. The van der Waals surface area contributed by atoms with Crippen LogP contribution in [0.3, 0.4) is 0 Å². The van der Waals surface area contributed by atoms with Crippen LogP contribution in [-0.2, 0) is 4.79 Å². The molecule has 0 spiro atoms. The van der Waals surface area contributed by atoms with E-state index in [1.807, 2.05) is 20.8 Å². The third-order valence-electron chi connectivity index (χ3n) is 4.24. The maximum absolute atomic E-state index is 12.6. The highest BCUT2D eigenvalue weighted by molar-refractivity contribution is 5.81. The molecule has 22 heavy (non-hydrogen) atoms. The molecular weight excluding hydrogens is 270 g/mol. The molecule has 2 heteroatoms. The van der Waals surface area contributed by atoms with Gasteiger partial charge in [0.05, 0.1) is 0 Å². The van der Waals surface area contributed by atoms with Crippen LogP contribution in [0.25, 0.3) is 0 Å². The predicted molar refractivity (Wildman–Crippen MR) is 98.2 cm³/mol. The monoisotopic (exact) mass is 311 g/mol. The van der Waals surface area contributed by atoms with E-state index in [9.17, 15) is 4.79 Å². The molecule has 2 nitrogen and oxygen atoms in total. The van der Waals surface area contributed by atoms with Crippen LogP contribution >= 0.6 is 0 Å². The van der Waals surface area contributed by atoms with Crippen molar-refractivity contribution in [2.24, 2.45) is 5.41 Å². The Morgan fingerprint density at radius 3 is 1.41 bits per heavy atom. The van der Waals surface area contributed by atoms with Gasteiger partial charge in [-0.2, -0.15) is 0 Å². The third-order valence-corrected chi connectivity index (χ3v) is 4.24.